The van der Waals surface area contributed by atoms with Crippen molar-refractivity contribution in [1.29, 1.82) is 0 Å². The second kappa shape index (κ2) is 8.67. The molecule has 1 aromatic carbocycles. The Bertz CT molecular complexity index is 1340. The number of rotatable bonds is 6. The Kier molecular flexibility index (Phi) is 4.68. The third-order valence-electron chi connectivity index (χ3n) is 7.15. The number of hydrogen-bond donors (Lipinski definition) is 2. The van der Waals surface area contributed by atoms with Crippen molar-refractivity contribution in [2.24, 2.45) is 0 Å². The van der Waals surface area contributed by atoms with Crippen LogP contribution in [0.4, 0.5) is 14.7 Å². The van der Waals surface area contributed by atoms with Gasteiger partial charge in [0.05, 0.1) is 29.6 Å². The number of pyridine rings is 1. The molecule has 3 aliphatic rings. The average Bonchev–Trinajstić information content (AvgIpc) is 3.62. The van der Waals surface area contributed by atoms with Gasteiger partial charge in [0.15, 0.2) is 0 Å². The molecule has 1 aliphatic carbocycles. The molecule has 8 nitrogen and oxygen atoms in total. The number of aromatic hydroxyl groups is 1. The Morgan fingerprint density at radius 3 is 2.74 bits per heavy atom. The molecule has 182 valence electrons. The summed E-state index contributed by atoms with van der Waals surface area (Å²) in [5.41, 5.74) is 0.929. The fourth-order valence-corrected chi connectivity index (χ4v) is 5.30. The number of halogens is 2. The molecule has 2 aliphatic heterocycles. The summed E-state index contributed by atoms with van der Waals surface area (Å²) < 4.78 is 56.1. The van der Waals surface area contributed by atoms with Crippen LogP contribution in [0.5, 0.6) is 11.6 Å². The van der Waals surface area contributed by atoms with Crippen LogP contribution in [0.2, 0.25) is 0 Å². The van der Waals surface area contributed by atoms with Gasteiger partial charge in [0, 0.05) is 35.3 Å². The predicted octanol–water partition coefficient (Wildman–Crippen LogP) is 3.65. The van der Waals surface area contributed by atoms with Crippen molar-refractivity contribution in [2.45, 2.75) is 62.4 Å². The molecular formula is C25H26F2N6O2. The van der Waals surface area contributed by atoms with Crippen molar-refractivity contribution in [3.63, 3.8) is 0 Å². The van der Waals surface area contributed by atoms with E-state index in [-0.39, 0.29) is 40.9 Å². The maximum Gasteiger partial charge on any atom is 0.245 e. The quantitative estimate of drug-likeness (QED) is 0.549. The van der Waals surface area contributed by atoms with Gasteiger partial charge in [-0.25, -0.2) is 18.7 Å². The lowest BCUT2D eigenvalue weighted by Crippen LogP contribution is -2.57. The zero-order valence-corrected chi connectivity index (χ0v) is 18.7. The highest BCUT2D eigenvalue weighted by Gasteiger charge is 2.48. The van der Waals surface area contributed by atoms with Crippen LogP contribution in [0, 0.1) is 5.82 Å². The lowest BCUT2D eigenvalue weighted by atomic mass is 9.96. The van der Waals surface area contributed by atoms with Gasteiger partial charge in [-0.05, 0) is 49.8 Å². The molecule has 0 amide bonds. The second-order valence-electron chi connectivity index (χ2n) is 9.41. The summed E-state index contributed by atoms with van der Waals surface area (Å²) in [6.45, 7) is 0. The van der Waals surface area contributed by atoms with E-state index >= 15 is 4.39 Å². The van der Waals surface area contributed by atoms with E-state index in [2.05, 4.69) is 25.5 Å². The monoisotopic (exact) mass is 483 g/mol. The van der Waals surface area contributed by atoms with Crippen molar-refractivity contribution in [3.8, 4) is 34.0 Å². The van der Waals surface area contributed by atoms with Gasteiger partial charge in [0.1, 0.15) is 23.4 Å². The van der Waals surface area contributed by atoms with Crippen LogP contribution >= 0.6 is 0 Å². The van der Waals surface area contributed by atoms with Crippen LogP contribution < -0.4 is 15.0 Å². The number of nitrogens with one attached hydrogen (secondary N) is 1. The number of benzene rings is 1. The van der Waals surface area contributed by atoms with Gasteiger partial charge in [-0.3, -0.25) is 0 Å². The van der Waals surface area contributed by atoms with Crippen LogP contribution in [-0.2, 0) is 0 Å². The van der Waals surface area contributed by atoms with Crippen LogP contribution in [0.1, 0.15) is 36.2 Å². The third-order valence-corrected chi connectivity index (χ3v) is 7.15. The molecule has 0 unspecified atom stereocenters. The number of phenols is 1. The number of hydrogen-bond acceptors (Lipinski definition) is 8. The summed E-state index contributed by atoms with van der Waals surface area (Å²) in [6, 6.07) is 5.66. The maximum atomic E-state index is 15.3. The fraction of sp³-hybridized carbons (Fsp3) is 0.440. The number of alkyl halides is 1. The van der Waals surface area contributed by atoms with Crippen molar-refractivity contribution in [3.05, 3.63) is 42.5 Å². The molecule has 2 aromatic heterocycles. The minimum atomic E-state index is -2.74. The van der Waals surface area contributed by atoms with Crippen LogP contribution in [0.25, 0.3) is 22.4 Å². The number of methoxy groups -OCH3 is 1. The first kappa shape index (κ1) is 18.9. The number of nitrogens with zero attached hydrogens (tertiary/aromatic N) is 5. The first-order valence-electron chi connectivity index (χ1n) is 13.2. The van der Waals surface area contributed by atoms with Gasteiger partial charge in [-0.1, -0.05) is 6.07 Å². The van der Waals surface area contributed by atoms with Gasteiger partial charge in [-0.15, -0.1) is 10.2 Å². The molecule has 0 spiro atoms. The molecule has 2 bridgehead atoms. The fourth-order valence-electron chi connectivity index (χ4n) is 5.30. The average molecular weight is 484 g/mol. The Morgan fingerprint density at radius 2 is 2.00 bits per heavy atom. The molecule has 0 radical (unpaired) electrons. The van der Waals surface area contributed by atoms with E-state index < -0.39 is 19.0 Å². The number of piperidine rings is 1. The van der Waals surface area contributed by atoms with Crippen molar-refractivity contribution in [2.75, 3.05) is 11.9 Å². The van der Waals surface area contributed by atoms with Crippen molar-refractivity contribution in [1.82, 2.24) is 25.5 Å². The minimum absolute atomic E-state index is 0.0115. The standard InChI is InChI=1S/C25H26F2N6O2/c1-35-23-10-17(18(26)11-28-23)13-2-6-16(22(34)8-13)20-12-29-25(32-31-20)33(15-4-5-15)21-9-14-3-7-19(30-14)24(21)27/h2,6,8,10-12,14-15,19,21,24,30,34H,3-5,7,9H2,1H3/t14-,19-,21-,24+/m0/s1/i1D3. The normalized spacial score (nSPS) is 27.1. The predicted molar refractivity (Wildman–Crippen MR) is 125 cm³/mol. The van der Waals surface area contributed by atoms with Gasteiger partial charge >= 0.3 is 0 Å². The van der Waals surface area contributed by atoms with E-state index in [9.17, 15) is 9.50 Å². The topological polar surface area (TPSA) is 96.3 Å². The first-order chi connectivity index (χ1) is 18.2. The molecule has 4 heterocycles. The first-order valence-corrected chi connectivity index (χ1v) is 11.7. The Balaban J connectivity index is 1.25. The molecule has 10 heteroatoms. The van der Waals surface area contributed by atoms with Crippen LogP contribution in [0.3, 0.4) is 0 Å². The second-order valence-corrected chi connectivity index (χ2v) is 9.41. The number of fused-ring (bicyclic) bond motifs is 2. The molecule has 3 aromatic rings. The highest BCUT2D eigenvalue weighted by atomic mass is 19.1. The summed E-state index contributed by atoms with van der Waals surface area (Å²) in [4.78, 5) is 10.1. The van der Waals surface area contributed by atoms with Crippen LogP contribution in [0.15, 0.2) is 36.7 Å². The molecule has 35 heavy (non-hydrogen) atoms. The highest BCUT2D eigenvalue weighted by molar-refractivity contribution is 5.74. The van der Waals surface area contributed by atoms with E-state index in [4.69, 9.17) is 8.85 Å². The van der Waals surface area contributed by atoms with Gasteiger partial charge < -0.3 is 20.1 Å². The summed E-state index contributed by atoms with van der Waals surface area (Å²) >= 11 is 0. The molecule has 4 atom stereocenters. The van der Waals surface area contributed by atoms with E-state index in [0.717, 1.165) is 37.9 Å². The largest absolute Gasteiger partial charge is 0.507 e. The number of ether oxygens (including phenoxy) is 1. The maximum absolute atomic E-state index is 15.3. The summed E-state index contributed by atoms with van der Waals surface area (Å²) in [6.07, 6.45) is 5.78. The Hall–Kier alpha value is -3.40. The zero-order chi connectivity index (χ0) is 26.6. The summed E-state index contributed by atoms with van der Waals surface area (Å²) in [5, 5.41) is 22.6. The molecular weight excluding hydrogens is 454 g/mol. The van der Waals surface area contributed by atoms with Crippen molar-refractivity contribution >= 4 is 5.95 Å². The zero-order valence-electron chi connectivity index (χ0n) is 21.7. The number of aromatic nitrogens is 4. The van der Waals surface area contributed by atoms with E-state index in [1.165, 1.54) is 12.3 Å². The number of anilines is 1. The smallest absolute Gasteiger partial charge is 0.245 e. The number of phenolic OH excluding ortho intramolecular Hbond substituents is 1. The Labute approximate surface area is 205 Å². The van der Waals surface area contributed by atoms with E-state index in [1.807, 2.05) is 4.90 Å². The molecule has 3 fully saturated rings. The van der Waals surface area contributed by atoms with E-state index in [0.29, 0.717) is 29.7 Å². The lowest BCUT2D eigenvalue weighted by molar-refractivity contribution is 0.171. The van der Waals surface area contributed by atoms with E-state index in [1.54, 1.807) is 12.1 Å². The third kappa shape index (κ3) is 4.05. The highest BCUT2D eigenvalue weighted by Crippen LogP contribution is 2.40. The summed E-state index contributed by atoms with van der Waals surface area (Å²) in [5.74, 6) is -0.799. The Morgan fingerprint density at radius 1 is 1.11 bits per heavy atom. The minimum Gasteiger partial charge on any atom is -0.507 e. The van der Waals surface area contributed by atoms with Crippen molar-refractivity contribution < 1.29 is 22.7 Å². The summed E-state index contributed by atoms with van der Waals surface area (Å²) in [7, 11) is -2.74. The van der Waals surface area contributed by atoms with Gasteiger partial charge in [0.2, 0.25) is 11.8 Å². The molecule has 6 rings (SSSR count). The van der Waals surface area contributed by atoms with Gasteiger partial charge in [-0.2, -0.15) is 0 Å². The molecule has 1 saturated carbocycles. The van der Waals surface area contributed by atoms with Crippen LogP contribution in [-0.4, -0.2) is 62.6 Å². The SMILES string of the molecule is [2H]C([2H])([2H])Oc1cc(-c2ccc(-c3cnc(N(C4CC4)[C@H]4C[C@@H]5CC[C@H](N5)[C@H]4F)nn3)c(O)c2)c(F)cn1. The molecule has 2 saturated heterocycles. The lowest BCUT2D eigenvalue weighted by Gasteiger charge is -2.40. The van der Waals surface area contributed by atoms with Gasteiger partial charge in [0.25, 0.3) is 0 Å². The molecule has 2 N–H and O–H groups in total.